The lowest BCUT2D eigenvalue weighted by atomic mass is 10.2. The quantitative estimate of drug-likeness (QED) is 0.792. The van der Waals surface area contributed by atoms with Gasteiger partial charge in [-0.3, -0.25) is 0 Å². The van der Waals surface area contributed by atoms with Gasteiger partial charge in [0.1, 0.15) is 10.7 Å². The first kappa shape index (κ1) is 17.0. The van der Waals surface area contributed by atoms with Crippen molar-refractivity contribution in [2.24, 2.45) is 0 Å². The Balaban J connectivity index is 3.04. The number of nitrogens with one attached hydrogen (secondary N) is 1. The number of benzene rings is 1. The summed E-state index contributed by atoms with van der Waals surface area (Å²) < 4.78 is 58.4. The second-order valence-corrected chi connectivity index (χ2v) is 5.86. The summed E-state index contributed by atoms with van der Waals surface area (Å²) in [5, 5.41) is 8.87. The molecule has 8 heteroatoms. The SMILES string of the molecule is CCOCC(C)NS(=O)(=O)c1ccc(F)c(CO)c1F. The maximum absolute atomic E-state index is 13.9. The highest BCUT2D eigenvalue weighted by Crippen LogP contribution is 2.21. The molecule has 0 aliphatic rings. The predicted molar refractivity (Wildman–Crippen MR) is 68.6 cm³/mol. The van der Waals surface area contributed by atoms with Crippen LogP contribution in [0.25, 0.3) is 0 Å². The molecule has 0 heterocycles. The minimum atomic E-state index is -4.15. The normalized spacial score (nSPS) is 13.4. The van der Waals surface area contributed by atoms with Gasteiger partial charge in [0.25, 0.3) is 0 Å². The van der Waals surface area contributed by atoms with Crippen LogP contribution in [0, 0.1) is 11.6 Å². The molecule has 0 radical (unpaired) electrons. The van der Waals surface area contributed by atoms with Crippen molar-refractivity contribution in [2.45, 2.75) is 31.4 Å². The number of aliphatic hydroxyl groups is 1. The molecular weight excluding hydrogens is 292 g/mol. The molecule has 0 saturated heterocycles. The van der Waals surface area contributed by atoms with Crippen molar-refractivity contribution in [2.75, 3.05) is 13.2 Å². The molecule has 1 atom stereocenters. The van der Waals surface area contributed by atoms with E-state index in [1.165, 1.54) is 0 Å². The van der Waals surface area contributed by atoms with Crippen LogP contribution in [0.3, 0.4) is 0 Å². The van der Waals surface area contributed by atoms with Crippen molar-refractivity contribution < 1.29 is 27.0 Å². The van der Waals surface area contributed by atoms with Gasteiger partial charge >= 0.3 is 0 Å². The zero-order valence-electron chi connectivity index (χ0n) is 11.2. The highest BCUT2D eigenvalue weighted by atomic mass is 32.2. The van der Waals surface area contributed by atoms with E-state index in [9.17, 15) is 17.2 Å². The van der Waals surface area contributed by atoms with Crippen LogP contribution in [-0.2, 0) is 21.4 Å². The highest BCUT2D eigenvalue weighted by Gasteiger charge is 2.24. The molecule has 0 saturated carbocycles. The second-order valence-electron chi connectivity index (χ2n) is 4.18. The number of sulfonamides is 1. The summed E-state index contributed by atoms with van der Waals surface area (Å²) in [7, 11) is -4.15. The summed E-state index contributed by atoms with van der Waals surface area (Å²) in [6.45, 7) is 2.95. The van der Waals surface area contributed by atoms with E-state index in [1.54, 1.807) is 13.8 Å². The van der Waals surface area contributed by atoms with Crippen LogP contribution < -0.4 is 4.72 Å². The van der Waals surface area contributed by atoms with Gasteiger partial charge in [-0.25, -0.2) is 21.9 Å². The van der Waals surface area contributed by atoms with Crippen LogP contribution in [0.15, 0.2) is 17.0 Å². The van der Waals surface area contributed by atoms with Crippen molar-refractivity contribution >= 4 is 10.0 Å². The van der Waals surface area contributed by atoms with Gasteiger partial charge in [-0.05, 0) is 26.0 Å². The van der Waals surface area contributed by atoms with E-state index in [-0.39, 0.29) is 6.61 Å². The van der Waals surface area contributed by atoms with E-state index in [1.807, 2.05) is 0 Å². The minimum absolute atomic E-state index is 0.130. The van der Waals surface area contributed by atoms with E-state index >= 15 is 0 Å². The lowest BCUT2D eigenvalue weighted by molar-refractivity contribution is 0.133. The molecule has 114 valence electrons. The number of hydrogen-bond acceptors (Lipinski definition) is 4. The van der Waals surface area contributed by atoms with Crippen LogP contribution in [-0.4, -0.2) is 32.8 Å². The molecule has 1 rings (SSSR count). The van der Waals surface area contributed by atoms with E-state index in [2.05, 4.69) is 4.72 Å². The van der Waals surface area contributed by atoms with Gasteiger partial charge in [0, 0.05) is 12.6 Å². The third-order valence-electron chi connectivity index (χ3n) is 2.53. The fraction of sp³-hybridized carbons (Fsp3) is 0.500. The summed E-state index contributed by atoms with van der Waals surface area (Å²) in [6, 6.07) is 1.05. The topological polar surface area (TPSA) is 75.6 Å². The second kappa shape index (κ2) is 7.07. The average Bonchev–Trinajstić information content (AvgIpc) is 2.36. The van der Waals surface area contributed by atoms with E-state index < -0.39 is 44.8 Å². The first-order valence-electron chi connectivity index (χ1n) is 6.01. The van der Waals surface area contributed by atoms with Gasteiger partial charge in [0.05, 0.1) is 18.8 Å². The molecule has 1 unspecified atom stereocenters. The number of aliphatic hydroxyl groups excluding tert-OH is 1. The monoisotopic (exact) mass is 309 g/mol. The third-order valence-corrected chi connectivity index (χ3v) is 4.13. The minimum Gasteiger partial charge on any atom is -0.391 e. The zero-order chi connectivity index (χ0) is 15.3. The Hall–Kier alpha value is -1.09. The van der Waals surface area contributed by atoms with Gasteiger partial charge in [0.15, 0.2) is 5.82 Å². The van der Waals surface area contributed by atoms with Crippen molar-refractivity contribution in [1.29, 1.82) is 0 Å². The smallest absolute Gasteiger partial charge is 0.243 e. The molecule has 2 N–H and O–H groups in total. The Kier molecular flexibility index (Phi) is 6.00. The average molecular weight is 309 g/mol. The maximum atomic E-state index is 13.9. The van der Waals surface area contributed by atoms with Crippen molar-refractivity contribution in [1.82, 2.24) is 4.72 Å². The lowest BCUT2D eigenvalue weighted by Crippen LogP contribution is -2.36. The molecule has 0 aliphatic heterocycles. The molecule has 0 fully saturated rings. The van der Waals surface area contributed by atoms with Gasteiger partial charge in [-0.2, -0.15) is 0 Å². The van der Waals surface area contributed by atoms with Gasteiger partial charge < -0.3 is 9.84 Å². The first-order valence-corrected chi connectivity index (χ1v) is 7.49. The van der Waals surface area contributed by atoms with Crippen LogP contribution in [0.5, 0.6) is 0 Å². The van der Waals surface area contributed by atoms with Gasteiger partial charge in [-0.15, -0.1) is 0 Å². The summed E-state index contributed by atoms with van der Waals surface area (Å²) in [6.07, 6.45) is 0. The highest BCUT2D eigenvalue weighted by molar-refractivity contribution is 7.89. The Labute approximate surface area is 116 Å². The molecule has 0 bridgehead atoms. The molecular formula is C12H17F2NO4S. The molecule has 0 aromatic heterocycles. The Morgan fingerprint density at radius 2 is 2.05 bits per heavy atom. The summed E-state index contributed by atoms with van der Waals surface area (Å²) in [4.78, 5) is -0.703. The Morgan fingerprint density at radius 3 is 2.60 bits per heavy atom. The molecule has 0 amide bonds. The van der Waals surface area contributed by atoms with E-state index in [0.29, 0.717) is 6.61 Å². The number of halogens is 2. The molecule has 1 aromatic rings. The fourth-order valence-corrected chi connectivity index (χ4v) is 2.92. The molecule has 20 heavy (non-hydrogen) atoms. The number of rotatable bonds is 7. The molecule has 0 aliphatic carbocycles. The van der Waals surface area contributed by atoms with Crippen molar-refractivity contribution in [3.63, 3.8) is 0 Å². The summed E-state index contributed by atoms with van der Waals surface area (Å²) >= 11 is 0. The predicted octanol–water partition coefficient (Wildman–Crippen LogP) is 1.16. The number of ether oxygens (including phenoxy) is 1. The molecule has 0 spiro atoms. The van der Waals surface area contributed by atoms with Gasteiger partial charge in [-0.1, -0.05) is 0 Å². The summed E-state index contributed by atoms with van der Waals surface area (Å²) in [5.41, 5.74) is -0.676. The Bertz CT molecular complexity index is 563. The third kappa shape index (κ3) is 3.95. The number of hydrogen-bond donors (Lipinski definition) is 2. The van der Waals surface area contributed by atoms with Crippen molar-refractivity contribution in [3.8, 4) is 0 Å². The van der Waals surface area contributed by atoms with E-state index in [0.717, 1.165) is 12.1 Å². The fourth-order valence-electron chi connectivity index (χ4n) is 1.59. The van der Waals surface area contributed by atoms with Gasteiger partial charge in [0.2, 0.25) is 10.0 Å². The Morgan fingerprint density at radius 1 is 1.40 bits per heavy atom. The zero-order valence-corrected chi connectivity index (χ0v) is 12.0. The molecule has 5 nitrogen and oxygen atoms in total. The summed E-state index contributed by atoms with van der Waals surface area (Å²) in [5.74, 6) is -2.28. The first-order chi connectivity index (χ1) is 9.33. The van der Waals surface area contributed by atoms with Crippen LogP contribution in [0.2, 0.25) is 0 Å². The molecule has 1 aromatic carbocycles. The standard InChI is InChI=1S/C12H17F2NO4S/c1-3-19-7-8(2)15-20(17,18)11-5-4-10(13)9(6-16)12(11)14/h4-5,8,15-16H,3,6-7H2,1-2H3. The maximum Gasteiger partial charge on any atom is 0.243 e. The van der Waals surface area contributed by atoms with Crippen LogP contribution in [0.4, 0.5) is 8.78 Å². The van der Waals surface area contributed by atoms with Crippen molar-refractivity contribution in [3.05, 3.63) is 29.3 Å². The largest absolute Gasteiger partial charge is 0.391 e. The van der Waals surface area contributed by atoms with E-state index in [4.69, 9.17) is 9.84 Å². The lowest BCUT2D eigenvalue weighted by Gasteiger charge is -2.15. The van der Waals surface area contributed by atoms with Crippen LogP contribution in [0.1, 0.15) is 19.4 Å². The van der Waals surface area contributed by atoms with Crippen LogP contribution >= 0.6 is 0 Å².